The van der Waals surface area contributed by atoms with Crippen molar-refractivity contribution in [2.75, 3.05) is 13.2 Å². The average molecular weight is 337 g/mol. The smallest absolute Gasteiger partial charge is 0.251 e. The van der Waals surface area contributed by atoms with Gasteiger partial charge in [0.15, 0.2) is 0 Å². The molecule has 1 atom stereocenters. The maximum absolute atomic E-state index is 12.3. The lowest BCUT2D eigenvalue weighted by atomic mass is 10.0. The van der Waals surface area contributed by atoms with Gasteiger partial charge in [-0.15, -0.1) is 5.10 Å². The fourth-order valence-corrected chi connectivity index (χ4v) is 2.47. The Morgan fingerprint density at radius 1 is 1.16 bits per heavy atom. The lowest BCUT2D eigenvalue weighted by Crippen LogP contribution is -2.32. The van der Waals surface area contributed by atoms with E-state index in [0.717, 1.165) is 11.4 Å². The molecule has 0 fully saturated rings. The number of amides is 1. The number of pyridine rings is 1. The molecule has 0 spiro atoms. The molecule has 2 aromatic heterocycles. The van der Waals surface area contributed by atoms with Crippen LogP contribution in [0.3, 0.4) is 0 Å². The number of nitrogens with zero attached hydrogens (tertiary/aromatic N) is 4. The van der Waals surface area contributed by atoms with Crippen LogP contribution in [-0.2, 0) is 6.42 Å². The van der Waals surface area contributed by atoms with Crippen LogP contribution in [0.1, 0.15) is 16.1 Å². The fourth-order valence-electron chi connectivity index (χ4n) is 2.47. The summed E-state index contributed by atoms with van der Waals surface area (Å²) in [7, 11) is 0. The van der Waals surface area contributed by atoms with Crippen LogP contribution >= 0.6 is 0 Å². The highest BCUT2D eigenvalue weighted by atomic mass is 16.3. The number of rotatable bonds is 7. The molecule has 0 aliphatic rings. The van der Waals surface area contributed by atoms with E-state index in [9.17, 15) is 9.90 Å². The van der Waals surface area contributed by atoms with E-state index in [2.05, 4.69) is 20.6 Å². The Bertz CT molecular complexity index is 788. The summed E-state index contributed by atoms with van der Waals surface area (Å²) in [5.74, 6) is -0.252. The molecule has 7 heteroatoms. The van der Waals surface area contributed by atoms with Crippen LogP contribution in [0.4, 0.5) is 0 Å². The predicted octanol–water partition coefficient (Wildman–Crippen LogP) is 1.24. The van der Waals surface area contributed by atoms with Crippen LogP contribution < -0.4 is 5.32 Å². The first-order valence-corrected chi connectivity index (χ1v) is 8.02. The Morgan fingerprint density at radius 2 is 2.00 bits per heavy atom. The van der Waals surface area contributed by atoms with Crippen LogP contribution in [-0.4, -0.2) is 44.1 Å². The highest BCUT2D eigenvalue weighted by molar-refractivity contribution is 5.94. The van der Waals surface area contributed by atoms with Gasteiger partial charge in [0.05, 0.1) is 18.1 Å². The Kier molecular flexibility index (Phi) is 5.48. The summed E-state index contributed by atoms with van der Waals surface area (Å²) >= 11 is 0. The molecule has 0 saturated carbocycles. The summed E-state index contributed by atoms with van der Waals surface area (Å²) in [4.78, 5) is 16.5. The monoisotopic (exact) mass is 337 g/mol. The molecule has 1 aromatic carbocycles. The molecule has 25 heavy (non-hydrogen) atoms. The minimum atomic E-state index is -0.176. The molecule has 2 heterocycles. The van der Waals surface area contributed by atoms with Gasteiger partial charge < -0.3 is 10.4 Å². The van der Waals surface area contributed by atoms with Gasteiger partial charge in [-0.3, -0.25) is 9.78 Å². The van der Waals surface area contributed by atoms with Crippen molar-refractivity contribution in [3.8, 4) is 5.69 Å². The van der Waals surface area contributed by atoms with Gasteiger partial charge in [-0.2, -0.15) is 0 Å². The van der Waals surface area contributed by atoms with Gasteiger partial charge in [0, 0.05) is 36.5 Å². The Morgan fingerprint density at radius 3 is 2.64 bits per heavy atom. The van der Waals surface area contributed by atoms with Crippen LogP contribution in [0, 0.1) is 5.92 Å². The molecule has 0 aliphatic heterocycles. The molecule has 0 saturated heterocycles. The van der Waals surface area contributed by atoms with E-state index < -0.39 is 0 Å². The maximum atomic E-state index is 12.3. The van der Waals surface area contributed by atoms with Crippen LogP contribution in [0.5, 0.6) is 0 Å². The second-order valence-corrected chi connectivity index (χ2v) is 5.68. The van der Waals surface area contributed by atoms with Gasteiger partial charge in [-0.25, -0.2) is 4.68 Å². The molecule has 0 bridgehead atoms. The molecule has 0 aliphatic carbocycles. The number of carbonyl (C=O) groups is 1. The minimum absolute atomic E-state index is 0.0118. The molecule has 1 unspecified atom stereocenters. The molecule has 7 nitrogen and oxygen atoms in total. The highest BCUT2D eigenvalue weighted by Gasteiger charge is 2.12. The van der Waals surface area contributed by atoms with E-state index in [1.165, 1.54) is 0 Å². The van der Waals surface area contributed by atoms with Gasteiger partial charge in [-0.05, 0) is 42.8 Å². The summed E-state index contributed by atoms with van der Waals surface area (Å²) in [5.41, 5.74) is 2.28. The van der Waals surface area contributed by atoms with Crippen LogP contribution in [0.2, 0.25) is 0 Å². The van der Waals surface area contributed by atoms with E-state index in [1.807, 2.05) is 18.2 Å². The number of hydrogen-bond acceptors (Lipinski definition) is 5. The molecular weight excluding hydrogens is 318 g/mol. The fraction of sp³-hybridized carbons (Fsp3) is 0.222. The number of carbonyl (C=O) groups excluding carboxylic acids is 1. The summed E-state index contributed by atoms with van der Waals surface area (Å²) in [6.45, 7) is 0.374. The van der Waals surface area contributed by atoms with Crippen LogP contribution in [0.25, 0.3) is 5.69 Å². The second kappa shape index (κ2) is 8.16. The molecular formula is C18H19N5O2. The topological polar surface area (TPSA) is 92.9 Å². The average Bonchev–Trinajstić information content (AvgIpc) is 3.20. The van der Waals surface area contributed by atoms with Gasteiger partial charge >= 0.3 is 0 Å². The Labute approximate surface area is 145 Å². The zero-order valence-electron chi connectivity index (χ0n) is 13.6. The molecule has 3 aromatic rings. The van der Waals surface area contributed by atoms with Gasteiger partial charge in [0.2, 0.25) is 0 Å². The van der Waals surface area contributed by atoms with Crippen molar-refractivity contribution in [2.45, 2.75) is 6.42 Å². The van der Waals surface area contributed by atoms with Crippen LogP contribution in [0.15, 0.2) is 61.1 Å². The van der Waals surface area contributed by atoms with E-state index in [1.54, 1.807) is 47.5 Å². The van der Waals surface area contributed by atoms with Crippen molar-refractivity contribution in [3.63, 3.8) is 0 Å². The first-order valence-electron chi connectivity index (χ1n) is 8.02. The lowest BCUT2D eigenvalue weighted by Gasteiger charge is -2.15. The van der Waals surface area contributed by atoms with Gasteiger partial charge in [0.25, 0.3) is 5.91 Å². The highest BCUT2D eigenvalue weighted by Crippen LogP contribution is 2.09. The molecule has 0 radical (unpaired) electrons. The van der Waals surface area contributed by atoms with Crippen molar-refractivity contribution in [1.29, 1.82) is 0 Å². The lowest BCUT2D eigenvalue weighted by molar-refractivity contribution is 0.0940. The molecule has 2 N–H and O–H groups in total. The van der Waals surface area contributed by atoms with Crippen molar-refractivity contribution < 1.29 is 9.90 Å². The quantitative estimate of drug-likeness (QED) is 0.677. The zero-order chi connectivity index (χ0) is 17.5. The third-order valence-electron chi connectivity index (χ3n) is 3.85. The molecule has 1 amide bonds. The summed E-state index contributed by atoms with van der Waals surface area (Å²) in [6, 6.07) is 12.8. The zero-order valence-corrected chi connectivity index (χ0v) is 13.6. The maximum Gasteiger partial charge on any atom is 0.251 e. The standard InChI is InChI=1S/C18H19N5O2/c24-13-14(11-16-3-1-2-8-19-16)12-20-18(25)15-4-6-17(7-5-15)23-10-9-21-22-23/h1-10,14,24H,11-13H2,(H,20,25). The normalized spacial score (nSPS) is 11.9. The number of aliphatic hydroxyl groups excluding tert-OH is 1. The summed E-state index contributed by atoms with van der Waals surface area (Å²) in [5, 5.41) is 20.0. The van der Waals surface area contributed by atoms with Crippen molar-refractivity contribution in [2.24, 2.45) is 5.92 Å². The molecule has 3 rings (SSSR count). The van der Waals surface area contributed by atoms with E-state index in [4.69, 9.17) is 0 Å². The van der Waals surface area contributed by atoms with E-state index in [0.29, 0.717) is 18.5 Å². The third-order valence-corrected chi connectivity index (χ3v) is 3.85. The van der Waals surface area contributed by atoms with Gasteiger partial charge in [-0.1, -0.05) is 11.3 Å². The minimum Gasteiger partial charge on any atom is -0.396 e. The molecule has 128 valence electrons. The van der Waals surface area contributed by atoms with Crippen molar-refractivity contribution >= 4 is 5.91 Å². The SMILES string of the molecule is O=C(NCC(CO)Cc1ccccn1)c1ccc(-n2ccnn2)cc1. The van der Waals surface area contributed by atoms with Gasteiger partial charge in [0.1, 0.15) is 0 Å². The number of aliphatic hydroxyl groups is 1. The summed E-state index contributed by atoms with van der Waals surface area (Å²) in [6.07, 6.45) is 5.66. The number of nitrogens with one attached hydrogen (secondary N) is 1. The first-order chi connectivity index (χ1) is 12.3. The number of aromatic nitrogens is 4. The Hall–Kier alpha value is -3.06. The largest absolute Gasteiger partial charge is 0.396 e. The number of hydrogen-bond donors (Lipinski definition) is 2. The third kappa shape index (κ3) is 4.48. The summed E-state index contributed by atoms with van der Waals surface area (Å²) < 4.78 is 1.62. The predicted molar refractivity (Wildman–Crippen MR) is 92.2 cm³/mol. The number of benzene rings is 1. The van der Waals surface area contributed by atoms with Crippen molar-refractivity contribution in [3.05, 3.63) is 72.3 Å². The second-order valence-electron chi connectivity index (χ2n) is 5.68. The van der Waals surface area contributed by atoms with Crippen molar-refractivity contribution in [1.82, 2.24) is 25.3 Å². The first kappa shape index (κ1) is 16.8. The van der Waals surface area contributed by atoms with E-state index in [-0.39, 0.29) is 18.4 Å². The van der Waals surface area contributed by atoms with E-state index >= 15 is 0 Å². The Balaban J connectivity index is 1.56.